The molecule has 0 spiro atoms. The molecule has 0 N–H and O–H groups in total. The molecule has 0 saturated heterocycles. The summed E-state index contributed by atoms with van der Waals surface area (Å²) in [4.78, 5) is 23.9. The van der Waals surface area contributed by atoms with Crippen LogP contribution in [0.2, 0.25) is 0 Å². The molecule has 0 aliphatic rings. The summed E-state index contributed by atoms with van der Waals surface area (Å²) in [6.07, 6.45) is 12.7. The lowest BCUT2D eigenvalue weighted by molar-refractivity contribution is -0.144. The van der Waals surface area contributed by atoms with Gasteiger partial charge in [-0.25, -0.2) is 0 Å². The molecule has 0 radical (unpaired) electrons. The van der Waals surface area contributed by atoms with Gasteiger partial charge in [-0.05, 0) is 30.7 Å². The zero-order valence-corrected chi connectivity index (χ0v) is 19.1. The molecule has 0 unspecified atom stereocenters. The van der Waals surface area contributed by atoms with E-state index in [1.165, 1.54) is 19.3 Å². The second-order valence-corrected chi connectivity index (χ2v) is 8.21. The van der Waals surface area contributed by atoms with Gasteiger partial charge in [0.2, 0.25) is 0 Å². The first kappa shape index (κ1) is 24.9. The first-order valence-corrected chi connectivity index (χ1v) is 12.0. The summed E-state index contributed by atoms with van der Waals surface area (Å²) in [5.41, 5.74) is 0. The predicted molar refractivity (Wildman–Crippen MR) is 126 cm³/mol. The Bertz CT molecular complexity index is 778. The Balaban J connectivity index is 1.45. The van der Waals surface area contributed by atoms with E-state index in [1.807, 2.05) is 42.5 Å². The van der Waals surface area contributed by atoms with Crippen molar-refractivity contribution in [1.29, 1.82) is 0 Å². The minimum absolute atomic E-state index is 0.0633. The van der Waals surface area contributed by atoms with Crippen LogP contribution in [0, 0.1) is 0 Å². The molecule has 2 aromatic carbocycles. The maximum absolute atomic E-state index is 12.2. The zero-order valence-electron chi connectivity index (χ0n) is 19.1. The second-order valence-electron chi connectivity index (χ2n) is 8.21. The molecule has 0 aliphatic heterocycles. The van der Waals surface area contributed by atoms with Crippen LogP contribution in [-0.2, 0) is 14.3 Å². The van der Waals surface area contributed by atoms with E-state index < -0.39 is 0 Å². The van der Waals surface area contributed by atoms with Crippen molar-refractivity contribution in [3.63, 3.8) is 0 Å². The highest BCUT2D eigenvalue weighted by molar-refractivity contribution is 5.90. The number of benzene rings is 2. The predicted octanol–water partition coefficient (Wildman–Crippen LogP) is 7.38. The summed E-state index contributed by atoms with van der Waals surface area (Å²) in [6.45, 7) is 2.76. The molecule has 4 nitrogen and oxygen atoms in total. The lowest BCUT2D eigenvalue weighted by atomic mass is 10.1. The SMILES string of the molecule is CCCCCCCOC(=O)CCCCCCCCC(=O)Oc1cccc2ccccc12. The quantitative estimate of drug-likeness (QED) is 0.160. The minimum atomic E-state index is -0.172. The van der Waals surface area contributed by atoms with E-state index in [0.717, 1.165) is 62.1 Å². The Morgan fingerprint density at radius 3 is 2.06 bits per heavy atom. The molecule has 4 heteroatoms. The zero-order chi connectivity index (χ0) is 22.2. The van der Waals surface area contributed by atoms with Crippen molar-refractivity contribution in [2.24, 2.45) is 0 Å². The van der Waals surface area contributed by atoms with Crippen LogP contribution >= 0.6 is 0 Å². The third kappa shape index (κ3) is 10.5. The van der Waals surface area contributed by atoms with E-state index >= 15 is 0 Å². The fourth-order valence-electron chi connectivity index (χ4n) is 3.67. The van der Waals surface area contributed by atoms with E-state index in [9.17, 15) is 9.59 Å². The molecule has 31 heavy (non-hydrogen) atoms. The molecule has 2 rings (SSSR count). The van der Waals surface area contributed by atoms with E-state index in [2.05, 4.69) is 6.92 Å². The molecule has 0 saturated carbocycles. The molecule has 0 aliphatic carbocycles. The monoisotopic (exact) mass is 426 g/mol. The van der Waals surface area contributed by atoms with Gasteiger partial charge in [0.15, 0.2) is 0 Å². The number of ether oxygens (including phenoxy) is 2. The third-order valence-corrected chi connectivity index (χ3v) is 5.50. The topological polar surface area (TPSA) is 52.6 Å². The van der Waals surface area contributed by atoms with Crippen molar-refractivity contribution < 1.29 is 19.1 Å². The summed E-state index contributed by atoms with van der Waals surface area (Å²) in [5.74, 6) is 0.399. The number of unbranched alkanes of at least 4 members (excludes halogenated alkanes) is 9. The highest BCUT2D eigenvalue weighted by atomic mass is 16.5. The number of hydrogen-bond acceptors (Lipinski definition) is 4. The maximum Gasteiger partial charge on any atom is 0.311 e. The summed E-state index contributed by atoms with van der Waals surface area (Å²) in [6, 6.07) is 13.7. The summed E-state index contributed by atoms with van der Waals surface area (Å²) >= 11 is 0. The fraction of sp³-hybridized carbons (Fsp3) is 0.556. The van der Waals surface area contributed by atoms with Crippen LogP contribution in [0.5, 0.6) is 5.75 Å². The van der Waals surface area contributed by atoms with Gasteiger partial charge in [0.05, 0.1) is 6.61 Å². The van der Waals surface area contributed by atoms with Gasteiger partial charge in [-0.1, -0.05) is 94.7 Å². The van der Waals surface area contributed by atoms with Crippen molar-refractivity contribution in [1.82, 2.24) is 0 Å². The molecule has 0 fully saturated rings. The van der Waals surface area contributed by atoms with Gasteiger partial charge >= 0.3 is 11.9 Å². The van der Waals surface area contributed by atoms with Gasteiger partial charge in [0.25, 0.3) is 0 Å². The van der Waals surface area contributed by atoms with Crippen LogP contribution in [0.3, 0.4) is 0 Å². The second kappa shape index (κ2) is 15.4. The molecule has 0 heterocycles. The van der Waals surface area contributed by atoms with E-state index in [1.54, 1.807) is 0 Å². The lowest BCUT2D eigenvalue weighted by Gasteiger charge is -2.08. The minimum Gasteiger partial charge on any atom is -0.466 e. The number of fused-ring (bicyclic) bond motifs is 1. The molecular formula is C27H38O4. The summed E-state index contributed by atoms with van der Waals surface area (Å²) in [7, 11) is 0. The maximum atomic E-state index is 12.2. The lowest BCUT2D eigenvalue weighted by Crippen LogP contribution is -2.07. The van der Waals surface area contributed by atoms with E-state index in [0.29, 0.717) is 25.2 Å². The Morgan fingerprint density at radius 2 is 1.29 bits per heavy atom. The van der Waals surface area contributed by atoms with Gasteiger partial charge in [-0.15, -0.1) is 0 Å². The largest absolute Gasteiger partial charge is 0.466 e. The van der Waals surface area contributed by atoms with Crippen LogP contribution in [0.25, 0.3) is 10.8 Å². The number of rotatable bonds is 16. The average Bonchev–Trinajstić information content (AvgIpc) is 2.78. The van der Waals surface area contributed by atoms with Gasteiger partial charge < -0.3 is 9.47 Å². The van der Waals surface area contributed by atoms with E-state index in [4.69, 9.17) is 9.47 Å². The first-order valence-electron chi connectivity index (χ1n) is 12.0. The summed E-state index contributed by atoms with van der Waals surface area (Å²) in [5, 5.41) is 2.04. The molecule has 2 aromatic rings. The van der Waals surface area contributed by atoms with Gasteiger partial charge in [0, 0.05) is 18.2 Å². The van der Waals surface area contributed by atoms with E-state index in [-0.39, 0.29) is 11.9 Å². The average molecular weight is 427 g/mol. The van der Waals surface area contributed by atoms with Crippen LogP contribution in [0.1, 0.15) is 90.4 Å². The van der Waals surface area contributed by atoms with Crippen LogP contribution < -0.4 is 4.74 Å². The fourth-order valence-corrected chi connectivity index (χ4v) is 3.67. The Morgan fingerprint density at radius 1 is 0.677 bits per heavy atom. The van der Waals surface area contributed by atoms with Crippen molar-refractivity contribution in [2.75, 3.05) is 6.61 Å². The molecule has 0 atom stereocenters. The normalized spacial score (nSPS) is 10.9. The molecule has 0 amide bonds. The molecule has 170 valence electrons. The van der Waals surface area contributed by atoms with Gasteiger partial charge in [-0.3, -0.25) is 9.59 Å². The highest BCUT2D eigenvalue weighted by Gasteiger charge is 2.08. The Hall–Kier alpha value is -2.36. The summed E-state index contributed by atoms with van der Waals surface area (Å²) < 4.78 is 10.8. The highest BCUT2D eigenvalue weighted by Crippen LogP contribution is 2.25. The standard InChI is InChI=1S/C27H38O4/c1-2-3-4-9-14-22-30-26(28)20-10-7-5-6-8-11-21-27(29)31-25-19-15-17-23-16-12-13-18-24(23)25/h12-13,15-19H,2-11,14,20-22H2,1H3. The Kier molecular flexibility index (Phi) is 12.4. The Labute approximate surface area is 187 Å². The van der Waals surface area contributed by atoms with Crippen molar-refractivity contribution in [2.45, 2.75) is 90.4 Å². The van der Waals surface area contributed by atoms with Crippen LogP contribution in [0.4, 0.5) is 0 Å². The molecular weight excluding hydrogens is 388 g/mol. The third-order valence-electron chi connectivity index (χ3n) is 5.50. The smallest absolute Gasteiger partial charge is 0.311 e. The van der Waals surface area contributed by atoms with Crippen molar-refractivity contribution >= 4 is 22.7 Å². The molecule has 0 bridgehead atoms. The number of hydrogen-bond donors (Lipinski definition) is 0. The number of carbonyl (C=O) groups is 2. The first-order chi connectivity index (χ1) is 15.2. The number of esters is 2. The van der Waals surface area contributed by atoms with Crippen molar-refractivity contribution in [3.05, 3.63) is 42.5 Å². The van der Waals surface area contributed by atoms with Gasteiger partial charge in [-0.2, -0.15) is 0 Å². The van der Waals surface area contributed by atoms with Crippen LogP contribution in [0.15, 0.2) is 42.5 Å². The van der Waals surface area contributed by atoms with Crippen molar-refractivity contribution in [3.8, 4) is 5.75 Å². The molecule has 0 aromatic heterocycles. The van der Waals surface area contributed by atoms with Gasteiger partial charge in [0.1, 0.15) is 5.75 Å². The van der Waals surface area contributed by atoms with Crippen LogP contribution in [-0.4, -0.2) is 18.5 Å². The number of carbonyl (C=O) groups excluding carboxylic acids is 2.